The van der Waals surface area contributed by atoms with E-state index >= 15 is 0 Å². The van der Waals surface area contributed by atoms with Crippen LogP contribution in [0.3, 0.4) is 0 Å². The summed E-state index contributed by atoms with van der Waals surface area (Å²) in [7, 11) is 0. The average Bonchev–Trinajstić information content (AvgIpc) is 2.25. The molecule has 0 bridgehead atoms. The molecule has 0 aromatic rings. The van der Waals surface area contributed by atoms with Crippen molar-refractivity contribution in [3.8, 4) is 0 Å². The maximum atomic E-state index is 11.9. The van der Waals surface area contributed by atoms with Gasteiger partial charge in [-0.15, -0.1) is 0 Å². The van der Waals surface area contributed by atoms with Crippen molar-refractivity contribution in [3.63, 3.8) is 0 Å². The Morgan fingerprint density at radius 2 is 1.94 bits per heavy atom. The van der Waals surface area contributed by atoms with Crippen molar-refractivity contribution in [3.05, 3.63) is 0 Å². The molecular weight excluding hydrogens is 256 g/mol. The number of halogens is 1. The maximum absolute atomic E-state index is 11.9. The normalized spacial score (nSPS) is 20.8. The second kappa shape index (κ2) is 5.78. The van der Waals surface area contributed by atoms with Crippen molar-refractivity contribution in [1.29, 1.82) is 0 Å². The van der Waals surface area contributed by atoms with E-state index in [9.17, 15) is 9.59 Å². The van der Waals surface area contributed by atoms with E-state index in [4.69, 9.17) is 16.3 Å². The SMILES string of the molecule is CC[C@@H]1CN(C(=O)OC(C)(C)C)CCN1C(=O)Cl. The van der Waals surface area contributed by atoms with E-state index in [-0.39, 0.29) is 12.1 Å². The minimum absolute atomic E-state index is 0.0312. The third kappa shape index (κ3) is 4.05. The molecule has 0 unspecified atom stereocenters. The quantitative estimate of drug-likeness (QED) is 0.546. The number of nitrogens with zero attached hydrogens (tertiary/aromatic N) is 2. The molecule has 1 aliphatic rings. The van der Waals surface area contributed by atoms with Gasteiger partial charge in [-0.2, -0.15) is 0 Å². The van der Waals surface area contributed by atoms with Crippen LogP contribution in [0.4, 0.5) is 9.59 Å². The summed E-state index contributed by atoms with van der Waals surface area (Å²) >= 11 is 5.52. The van der Waals surface area contributed by atoms with Crippen LogP contribution in [0.1, 0.15) is 34.1 Å². The van der Waals surface area contributed by atoms with Crippen LogP contribution in [-0.4, -0.2) is 52.5 Å². The number of carbonyl (C=O) groups is 2. The highest BCUT2D eigenvalue weighted by molar-refractivity contribution is 6.62. The van der Waals surface area contributed by atoms with Gasteiger partial charge in [-0.3, -0.25) is 4.79 Å². The third-order valence-corrected chi connectivity index (χ3v) is 3.05. The van der Waals surface area contributed by atoms with Crippen molar-refractivity contribution in [2.45, 2.75) is 45.8 Å². The van der Waals surface area contributed by atoms with Gasteiger partial charge in [0.1, 0.15) is 5.60 Å². The highest BCUT2D eigenvalue weighted by Gasteiger charge is 2.32. The van der Waals surface area contributed by atoms with Crippen molar-refractivity contribution >= 4 is 23.1 Å². The van der Waals surface area contributed by atoms with Gasteiger partial charge in [-0.1, -0.05) is 6.92 Å². The van der Waals surface area contributed by atoms with E-state index in [2.05, 4.69) is 0 Å². The molecular formula is C12H21ClN2O3. The fraction of sp³-hybridized carbons (Fsp3) is 0.833. The molecule has 0 radical (unpaired) electrons. The van der Waals surface area contributed by atoms with E-state index in [0.717, 1.165) is 6.42 Å². The first kappa shape index (κ1) is 15.1. The van der Waals surface area contributed by atoms with Crippen LogP contribution < -0.4 is 0 Å². The van der Waals surface area contributed by atoms with Gasteiger partial charge in [0.2, 0.25) is 0 Å². The lowest BCUT2D eigenvalue weighted by Gasteiger charge is -2.40. The Hall–Kier alpha value is -0.970. The Kier molecular flexibility index (Phi) is 4.85. The summed E-state index contributed by atoms with van der Waals surface area (Å²) in [5, 5.41) is -0.453. The molecule has 0 aromatic heterocycles. The number of piperazine rings is 1. The molecule has 1 heterocycles. The summed E-state index contributed by atoms with van der Waals surface area (Å²) in [6.45, 7) is 8.87. The Balaban J connectivity index is 2.62. The third-order valence-electron chi connectivity index (χ3n) is 2.83. The Morgan fingerprint density at radius 1 is 1.33 bits per heavy atom. The fourth-order valence-corrected chi connectivity index (χ4v) is 2.15. The Labute approximate surface area is 113 Å². The zero-order valence-electron chi connectivity index (χ0n) is 11.4. The highest BCUT2D eigenvalue weighted by Crippen LogP contribution is 2.17. The van der Waals surface area contributed by atoms with Crippen LogP contribution in [0.15, 0.2) is 0 Å². The lowest BCUT2D eigenvalue weighted by Crippen LogP contribution is -2.55. The number of ether oxygens (including phenoxy) is 1. The molecule has 1 fully saturated rings. The van der Waals surface area contributed by atoms with Gasteiger partial charge in [0.05, 0.1) is 6.04 Å². The van der Waals surface area contributed by atoms with Crippen LogP contribution in [0.2, 0.25) is 0 Å². The van der Waals surface area contributed by atoms with Gasteiger partial charge in [-0.25, -0.2) is 4.79 Å². The molecule has 1 rings (SSSR count). The molecule has 0 saturated carbocycles. The molecule has 104 valence electrons. The molecule has 2 amide bonds. The predicted octanol–water partition coefficient (Wildman–Crippen LogP) is 2.68. The molecule has 1 saturated heterocycles. The topological polar surface area (TPSA) is 49.9 Å². The zero-order chi connectivity index (χ0) is 13.9. The smallest absolute Gasteiger partial charge is 0.410 e. The van der Waals surface area contributed by atoms with Crippen LogP contribution >= 0.6 is 11.6 Å². The Bertz CT molecular complexity index is 328. The number of hydrogen-bond acceptors (Lipinski definition) is 3. The van der Waals surface area contributed by atoms with E-state index in [1.165, 1.54) is 0 Å². The van der Waals surface area contributed by atoms with Gasteiger partial charge in [0.25, 0.3) is 0 Å². The first-order valence-corrected chi connectivity index (χ1v) is 6.56. The minimum Gasteiger partial charge on any atom is -0.444 e. The van der Waals surface area contributed by atoms with Gasteiger partial charge in [-0.05, 0) is 38.8 Å². The minimum atomic E-state index is -0.502. The van der Waals surface area contributed by atoms with Crippen LogP contribution in [0.5, 0.6) is 0 Å². The molecule has 0 aromatic carbocycles. The summed E-state index contributed by atoms with van der Waals surface area (Å²) in [6, 6.07) is -0.0312. The fourth-order valence-electron chi connectivity index (χ4n) is 1.93. The van der Waals surface area contributed by atoms with E-state index in [1.54, 1.807) is 9.80 Å². The molecule has 0 N–H and O–H groups in total. The van der Waals surface area contributed by atoms with Gasteiger partial charge >= 0.3 is 11.5 Å². The van der Waals surface area contributed by atoms with E-state index in [1.807, 2.05) is 27.7 Å². The molecule has 1 aliphatic heterocycles. The first-order chi connectivity index (χ1) is 8.24. The molecule has 0 spiro atoms. The lowest BCUT2D eigenvalue weighted by atomic mass is 10.1. The Morgan fingerprint density at radius 3 is 2.39 bits per heavy atom. The summed E-state index contributed by atoms with van der Waals surface area (Å²) in [5.74, 6) is 0. The molecule has 18 heavy (non-hydrogen) atoms. The van der Waals surface area contributed by atoms with Gasteiger partial charge < -0.3 is 14.5 Å². The number of hydrogen-bond donors (Lipinski definition) is 0. The average molecular weight is 277 g/mol. The standard InChI is InChI=1S/C12H21ClN2O3/c1-5-9-8-14(6-7-15(9)10(13)16)11(17)18-12(2,3)4/h9H,5-8H2,1-4H3/t9-/m1/s1. The first-order valence-electron chi connectivity index (χ1n) is 6.18. The lowest BCUT2D eigenvalue weighted by molar-refractivity contribution is 0.0100. The number of carbonyl (C=O) groups excluding carboxylic acids is 2. The molecule has 5 nitrogen and oxygen atoms in total. The van der Waals surface area contributed by atoms with Crippen LogP contribution in [-0.2, 0) is 4.74 Å². The molecule has 0 aliphatic carbocycles. The van der Waals surface area contributed by atoms with Gasteiger partial charge in [0, 0.05) is 19.6 Å². The number of rotatable bonds is 1. The summed E-state index contributed by atoms with van der Waals surface area (Å²) in [4.78, 5) is 26.4. The van der Waals surface area contributed by atoms with Crippen LogP contribution in [0.25, 0.3) is 0 Å². The summed E-state index contributed by atoms with van der Waals surface area (Å²) in [5.41, 5.74) is -0.502. The van der Waals surface area contributed by atoms with E-state index in [0.29, 0.717) is 19.6 Å². The largest absolute Gasteiger partial charge is 0.444 e. The maximum Gasteiger partial charge on any atom is 0.410 e. The second-order valence-corrected chi connectivity index (χ2v) is 5.76. The summed E-state index contributed by atoms with van der Waals surface area (Å²) in [6.07, 6.45) is 0.431. The van der Waals surface area contributed by atoms with Crippen molar-refractivity contribution < 1.29 is 14.3 Å². The van der Waals surface area contributed by atoms with Crippen LogP contribution in [0, 0.1) is 0 Å². The monoisotopic (exact) mass is 276 g/mol. The zero-order valence-corrected chi connectivity index (χ0v) is 12.2. The number of amides is 2. The molecule has 1 atom stereocenters. The predicted molar refractivity (Wildman–Crippen MR) is 69.8 cm³/mol. The molecule has 6 heteroatoms. The van der Waals surface area contributed by atoms with Crippen molar-refractivity contribution in [2.24, 2.45) is 0 Å². The van der Waals surface area contributed by atoms with Gasteiger partial charge in [0.15, 0.2) is 0 Å². The van der Waals surface area contributed by atoms with Crippen molar-refractivity contribution in [1.82, 2.24) is 9.80 Å². The summed E-state index contributed by atoms with van der Waals surface area (Å²) < 4.78 is 5.32. The van der Waals surface area contributed by atoms with E-state index < -0.39 is 11.0 Å². The highest BCUT2D eigenvalue weighted by atomic mass is 35.5. The second-order valence-electron chi connectivity index (χ2n) is 5.43. The van der Waals surface area contributed by atoms with Crippen molar-refractivity contribution in [2.75, 3.05) is 19.6 Å².